The van der Waals surface area contributed by atoms with Gasteiger partial charge in [-0.2, -0.15) is 4.31 Å². The highest BCUT2D eigenvalue weighted by atomic mass is 32.2. The summed E-state index contributed by atoms with van der Waals surface area (Å²) in [4.78, 5) is 13.7. The molecule has 0 amide bonds. The first kappa shape index (κ1) is 19.5. The second-order valence-electron chi connectivity index (χ2n) is 6.17. The van der Waals surface area contributed by atoms with Gasteiger partial charge in [0.15, 0.2) is 10.7 Å². The molecule has 1 saturated heterocycles. The van der Waals surface area contributed by atoms with E-state index in [0.29, 0.717) is 25.1 Å². The van der Waals surface area contributed by atoms with Crippen molar-refractivity contribution in [2.45, 2.75) is 31.6 Å². The van der Waals surface area contributed by atoms with Gasteiger partial charge in [-0.1, -0.05) is 5.16 Å². The van der Waals surface area contributed by atoms with Crippen molar-refractivity contribution >= 4 is 22.1 Å². The molecule has 140 valence electrons. The van der Waals surface area contributed by atoms with E-state index in [1.54, 1.807) is 31.0 Å². The Bertz CT molecular complexity index is 731. The Hall–Kier alpha value is -1.87. The number of nitrogens with zero attached hydrogens (tertiary/aromatic N) is 3. The van der Waals surface area contributed by atoms with E-state index in [-0.39, 0.29) is 35.6 Å². The quantitative estimate of drug-likeness (QED) is 0.699. The summed E-state index contributed by atoms with van der Waals surface area (Å²) < 4.78 is 37.6. The second kappa shape index (κ2) is 8.01. The number of ether oxygens (including phenoxy) is 1. The lowest BCUT2D eigenvalue weighted by Crippen LogP contribution is -2.40. The molecule has 1 aliphatic rings. The maximum atomic E-state index is 13.0. The average Bonchev–Trinajstić information content (AvgIpc) is 2.94. The summed E-state index contributed by atoms with van der Waals surface area (Å²) >= 11 is 0. The number of hydrogen-bond acceptors (Lipinski definition) is 7. The van der Waals surface area contributed by atoms with Crippen LogP contribution in [0.2, 0.25) is 0 Å². The van der Waals surface area contributed by atoms with Crippen molar-refractivity contribution in [3.8, 4) is 0 Å². The van der Waals surface area contributed by atoms with Gasteiger partial charge in [-0.3, -0.25) is 4.79 Å². The zero-order valence-corrected chi connectivity index (χ0v) is 15.9. The number of aromatic nitrogens is 1. The molecule has 2 rings (SSSR count). The van der Waals surface area contributed by atoms with Gasteiger partial charge < -0.3 is 14.2 Å². The Morgan fingerprint density at radius 1 is 1.40 bits per heavy atom. The van der Waals surface area contributed by atoms with Crippen molar-refractivity contribution < 1.29 is 22.5 Å². The molecule has 1 aromatic heterocycles. The molecule has 0 atom stereocenters. The molecule has 0 aliphatic carbocycles. The van der Waals surface area contributed by atoms with E-state index in [9.17, 15) is 13.2 Å². The molecule has 8 nitrogen and oxygen atoms in total. The highest BCUT2D eigenvalue weighted by molar-refractivity contribution is 7.89. The molecular formula is C16H25N3O5S. The van der Waals surface area contributed by atoms with Crippen LogP contribution < -0.4 is 0 Å². The Morgan fingerprint density at radius 3 is 2.60 bits per heavy atom. The van der Waals surface area contributed by atoms with Gasteiger partial charge in [0.25, 0.3) is 0 Å². The van der Waals surface area contributed by atoms with Crippen molar-refractivity contribution in [1.29, 1.82) is 0 Å². The van der Waals surface area contributed by atoms with Gasteiger partial charge in [-0.05, 0) is 26.7 Å². The lowest BCUT2D eigenvalue weighted by atomic mass is 9.98. The van der Waals surface area contributed by atoms with Crippen molar-refractivity contribution in [3.05, 3.63) is 17.7 Å². The first-order valence-corrected chi connectivity index (χ1v) is 9.69. The summed E-state index contributed by atoms with van der Waals surface area (Å²) in [5, 5.41) is 3.80. The molecule has 25 heavy (non-hydrogen) atoms. The number of carbonyl (C=O) groups excluding carboxylic acids is 1. The maximum absolute atomic E-state index is 13.0. The predicted molar refractivity (Wildman–Crippen MR) is 92.1 cm³/mol. The predicted octanol–water partition coefficient (Wildman–Crippen LogP) is 1.48. The van der Waals surface area contributed by atoms with E-state index in [2.05, 4.69) is 5.16 Å². The van der Waals surface area contributed by atoms with Gasteiger partial charge in [0.05, 0.1) is 12.5 Å². The van der Waals surface area contributed by atoms with Crippen LogP contribution in [0.5, 0.6) is 0 Å². The van der Waals surface area contributed by atoms with Crippen LogP contribution in [0.3, 0.4) is 0 Å². The smallest absolute Gasteiger partial charge is 0.309 e. The van der Waals surface area contributed by atoms with E-state index >= 15 is 0 Å². The van der Waals surface area contributed by atoms with Crippen LogP contribution in [0.1, 0.15) is 31.2 Å². The van der Waals surface area contributed by atoms with E-state index in [0.717, 1.165) is 0 Å². The molecule has 1 aliphatic heterocycles. The van der Waals surface area contributed by atoms with Crippen molar-refractivity contribution in [2.75, 3.05) is 33.8 Å². The summed E-state index contributed by atoms with van der Waals surface area (Å²) in [5.41, 5.74) is 0.325. The van der Waals surface area contributed by atoms with E-state index in [1.165, 1.54) is 4.31 Å². The van der Waals surface area contributed by atoms with Gasteiger partial charge in [0.1, 0.15) is 5.69 Å². The number of esters is 1. The molecule has 9 heteroatoms. The normalized spacial score (nSPS) is 17.1. The molecule has 0 radical (unpaired) electrons. The SMILES string of the molecule is CCOC(=O)C1CCN(S(=O)(=O)c2c(C)noc2/C=C/N(C)C)CC1. The van der Waals surface area contributed by atoms with Gasteiger partial charge in [-0.25, -0.2) is 8.42 Å². The Balaban J connectivity index is 2.18. The fourth-order valence-corrected chi connectivity index (χ4v) is 4.46. The average molecular weight is 371 g/mol. The highest BCUT2D eigenvalue weighted by Crippen LogP contribution is 2.29. The van der Waals surface area contributed by atoms with Crippen molar-refractivity contribution in [2.24, 2.45) is 5.92 Å². The second-order valence-corrected chi connectivity index (χ2v) is 8.05. The van der Waals surface area contributed by atoms with Crippen LogP contribution in [0.15, 0.2) is 15.6 Å². The summed E-state index contributed by atoms with van der Waals surface area (Å²) in [6, 6.07) is 0. The molecule has 0 aromatic carbocycles. The van der Waals surface area contributed by atoms with Gasteiger partial charge in [-0.15, -0.1) is 0 Å². The molecule has 1 fully saturated rings. The first-order chi connectivity index (χ1) is 11.8. The van der Waals surface area contributed by atoms with Crippen LogP contribution in [0, 0.1) is 12.8 Å². The number of carbonyl (C=O) groups is 1. The zero-order valence-electron chi connectivity index (χ0n) is 15.1. The molecule has 0 spiro atoms. The number of sulfonamides is 1. The topological polar surface area (TPSA) is 92.9 Å². The Labute approximate surface area is 148 Å². The van der Waals surface area contributed by atoms with Crippen LogP contribution in [0.25, 0.3) is 6.08 Å². The highest BCUT2D eigenvalue weighted by Gasteiger charge is 2.36. The molecule has 0 unspecified atom stereocenters. The van der Waals surface area contributed by atoms with Crippen LogP contribution in [-0.2, 0) is 19.6 Å². The summed E-state index contributed by atoms with van der Waals surface area (Å²) in [7, 11) is -0.0793. The molecule has 2 heterocycles. The first-order valence-electron chi connectivity index (χ1n) is 8.25. The van der Waals surface area contributed by atoms with Crippen LogP contribution in [-0.4, -0.2) is 62.5 Å². The maximum Gasteiger partial charge on any atom is 0.309 e. The van der Waals surface area contributed by atoms with Crippen molar-refractivity contribution in [1.82, 2.24) is 14.4 Å². The standard InChI is InChI=1S/C16H25N3O5S/c1-5-23-16(20)13-6-10-19(11-7-13)25(21,22)15-12(2)17-24-14(15)8-9-18(3)4/h8-9,13H,5-7,10-11H2,1-4H3/b9-8+. The largest absolute Gasteiger partial charge is 0.466 e. The van der Waals surface area contributed by atoms with E-state index in [4.69, 9.17) is 9.26 Å². The third-order valence-electron chi connectivity index (χ3n) is 4.03. The number of rotatable bonds is 6. The summed E-state index contributed by atoms with van der Waals surface area (Å²) in [6.07, 6.45) is 4.18. The van der Waals surface area contributed by atoms with Crippen LogP contribution in [0.4, 0.5) is 0 Å². The van der Waals surface area contributed by atoms with E-state index in [1.807, 2.05) is 14.1 Å². The van der Waals surface area contributed by atoms with Crippen LogP contribution >= 0.6 is 0 Å². The minimum atomic E-state index is -3.73. The fraction of sp³-hybridized carbons (Fsp3) is 0.625. The van der Waals surface area contributed by atoms with Gasteiger partial charge >= 0.3 is 5.97 Å². The van der Waals surface area contributed by atoms with Crippen molar-refractivity contribution in [3.63, 3.8) is 0 Å². The number of hydrogen-bond donors (Lipinski definition) is 0. The molecule has 0 bridgehead atoms. The molecular weight excluding hydrogens is 346 g/mol. The monoisotopic (exact) mass is 371 g/mol. The lowest BCUT2D eigenvalue weighted by molar-refractivity contribution is -0.149. The zero-order chi connectivity index (χ0) is 18.6. The molecule has 0 saturated carbocycles. The Kier molecular flexibility index (Phi) is 6.23. The summed E-state index contributed by atoms with van der Waals surface area (Å²) in [6.45, 7) is 4.24. The fourth-order valence-electron chi connectivity index (χ4n) is 2.74. The number of piperidine rings is 1. The number of aryl methyl sites for hydroxylation is 1. The molecule has 0 N–H and O–H groups in total. The van der Waals surface area contributed by atoms with Gasteiger partial charge in [0.2, 0.25) is 10.0 Å². The minimum Gasteiger partial charge on any atom is -0.466 e. The van der Waals surface area contributed by atoms with Gasteiger partial charge in [0, 0.05) is 39.5 Å². The third kappa shape index (κ3) is 4.40. The summed E-state index contributed by atoms with van der Waals surface area (Å²) in [5.74, 6) is -0.294. The Morgan fingerprint density at radius 2 is 2.04 bits per heavy atom. The molecule has 1 aromatic rings. The minimum absolute atomic E-state index is 0.0835. The van der Waals surface area contributed by atoms with E-state index < -0.39 is 10.0 Å². The third-order valence-corrected chi connectivity index (χ3v) is 6.09. The lowest BCUT2D eigenvalue weighted by Gasteiger charge is -2.29.